The average Bonchev–Trinajstić information content (AvgIpc) is 2.57. The van der Waals surface area contributed by atoms with E-state index in [1.54, 1.807) is 12.1 Å². The molecule has 3 N–H and O–H groups in total. The number of amides is 1. The summed E-state index contributed by atoms with van der Waals surface area (Å²) in [6.45, 7) is 4.50. The van der Waals surface area contributed by atoms with E-state index in [1.165, 1.54) is 7.11 Å². The number of nitrogen functional groups attached to an aromatic ring is 1. The number of piperidine rings is 1. The zero-order valence-corrected chi connectivity index (χ0v) is 14.4. The van der Waals surface area contributed by atoms with E-state index in [9.17, 15) is 4.79 Å². The second-order valence-electron chi connectivity index (χ2n) is 5.47. The highest BCUT2D eigenvalue weighted by Gasteiger charge is 2.24. The molecule has 1 amide bonds. The van der Waals surface area contributed by atoms with Gasteiger partial charge in [-0.15, -0.1) is 0 Å². The number of benzene rings is 1. The maximum absolute atomic E-state index is 12.5. The number of likely N-dealkylation sites (N-methyl/N-ethyl adjacent to an activating group) is 1. The number of ether oxygens (including phenoxy) is 2. The number of carbonyl (C=O) groups excluding carboxylic acids is 1. The Balaban J connectivity index is 2.01. The van der Waals surface area contributed by atoms with E-state index in [0.29, 0.717) is 28.8 Å². The summed E-state index contributed by atoms with van der Waals surface area (Å²) in [5.41, 5.74) is 6.17. The number of anilines is 1. The number of nitrogens with two attached hydrogens (primary N) is 1. The molecule has 1 saturated heterocycles. The van der Waals surface area contributed by atoms with Crippen molar-refractivity contribution in [2.75, 3.05) is 39.1 Å². The monoisotopic (exact) mass is 341 g/mol. The predicted octanol–water partition coefficient (Wildman–Crippen LogP) is 1.91. The number of nitrogens with one attached hydrogen (secondary N) is 1. The van der Waals surface area contributed by atoms with Gasteiger partial charge in [0.05, 0.1) is 17.8 Å². The molecule has 23 heavy (non-hydrogen) atoms. The SMILES string of the molecule is CCN(C(=O)COc1cc(N)c(Cl)cc1OC)C1CCNCC1. The van der Waals surface area contributed by atoms with Crippen LogP contribution in [-0.2, 0) is 4.79 Å². The molecule has 0 bridgehead atoms. The Morgan fingerprint density at radius 1 is 1.39 bits per heavy atom. The van der Waals surface area contributed by atoms with Crippen LogP contribution in [0, 0.1) is 0 Å². The first-order chi connectivity index (χ1) is 11.1. The molecule has 1 aliphatic heterocycles. The van der Waals surface area contributed by atoms with Gasteiger partial charge in [-0.05, 0) is 32.9 Å². The third-order valence-electron chi connectivity index (χ3n) is 4.04. The van der Waals surface area contributed by atoms with Crippen LogP contribution in [0.2, 0.25) is 5.02 Å². The lowest BCUT2D eigenvalue weighted by Crippen LogP contribution is -2.47. The molecule has 1 aromatic carbocycles. The van der Waals surface area contributed by atoms with Gasteiger partial charge in [0.2, 0.25) is 0 Å². The lowest BCUT2D eigenvalue weighted by molar-refractivity contribution is -0.136. The second-order valence-corrected chi connectivity index (χ2v) is 5.88. The third kappa shape index (κ3) is 4.42. The smallest absolute Gasteiger partial charge is 0.260 e. The van der Waals surface area contributed by atoms with Crippen molar-refractivity contribution in [2.24, 2.45) is 0 Å². The van der Waals surface area contributed by atoms with Crippen LogP contribution in [0.15, 0.2) is 12.1 Å². The first-order valence-electron chi connectivity index (χ1n) is 7.82. The van der Waals surface area contributed by atoms with E-state index in [4.69, 9.17) is 26.8 Å². The van der Waals surface area contributed by atoms with Gasteiger partial charge >= 0.3 is 0 Å². The van der Waals surface area contributed by atoms with Crippen molar-refractivity contribution in [3.8, 4) is 11.5 Å². The van der Waals surface area contributed by atoms with Crippen LogP contribution < -0.4 is 20.5 Å². The highest BCUT2D eigenvalue weighted by molar-refractivity contribution is 6.33. The largest absolute Gasteiger partial charge is 0.493 e. The van der Waals surface area contributed by atoms with E-state index in [1.807, 2.05) is 11.8 Å². The normalized spacial score (nSPS) is 15.3. The fourth-order valence-electron chi connectivity index (χ4n) is 2.80. The van der Waals surface area contributed by atoms with Crippen LogP contribution in [0.25, 0.3) is 0 Å². The number of rotatable bonds is 6. The maximum atomic E-state index is 12.5. The maximum Gasteiger partial charge on any atom is 0.260 e. The molecule has 128 valence electrons. The van der Waals surface area contributed by atoms with Gasteiger partial charge in [0, 0.05) is 24.7 Å². The van der Waals surface area contributed by atoms with Gasteiger partial charge in [0.15, 0.2) is 18.1 Å². The van der Waals surface area contributed by atoms with Gasteiger partial charge in [0.25, 0.3) is 5.91 Å². The minimum atomic E-state index is -0.0464. The minimum Gasteiger partial charge on any atom is -0.493 e. The molecular weight excluding hydrogens is 318 g/mol. The van der Waals surface area contributed by atoms with Crippen LogP contribution in [0.4, 0.5) is 5.69 Å². The van der Waals surface area contributed by atoms with Crippen LogP contribution in [-0.4, -0.2) is 50.2 Å². The molecular formula is C16H24ClN3O3. The standard InChI is InChI=1S/C16H24ClN3O3/c1-3-20(11-4-6-19-7-5-11)16(21)10-23-15-9-13(18)12(17)8-14(15)22-2/h8-9,11,19H,3-7,10,18H2,1-2H3. The number of halogens is 1. The molecule has 0 unspecified atom stereocenters. The summed E-state index contributed by atoms with van der Waals surface area (Å²) >= 11 is 5.96. The summed E-state index contributed by atoms with van der Waals surface area (Å²) in [7, 11) is 1.52. The second kappa shape index (κ2) is 8.26. The van der Waals surface area contributed by atoms with Crippen molar-refractivity contribution in [1.29, 1.82) is 0 Å². The molecule has 0 spiro atoms. The van der Waals surface area contributed by atoms with E-state index >= 15 is 0 Å². The van der Waals surface area contributed by atoms with Crippen molar-refractivity contribution in [3.05, 3.63) is 17.2 Å². The number of methoxy groups -OCH3 is 1. The lowest BCUT2D eigenvalue weighted by Gasteiger charge is -2.33. The van der Waals surface area contributed by atoms with Crippen LogP contribution in [0.1, 0.15) is 19.8 Å². The Morgan fingerprint density at radius 2 is 2.09 bits per heavy atom. The predicted molar refractivity (Wildman–Crippen MR) is 91.2 cm³/mol. The van der Waals surface area contributed by atoms with E-state index in [2.05, 4.69) is 5.32 Å². The first-order valence-corrected chi connectivity index (χ1v) is 8.20. The summed E-state index contributed by atoms with van der Waals surface area (Å²) in [5, 5.41) is 3.70. The highest BCUT2D eigenvalue weighted by atomic mass is 35.5. The molecule has 0 radical (unpaired) electrons. The van der Waals surface area contributed by atoms with Crippen molar-refractivity contribution >= 4 is 23.2 Å². The van der Waals surface area contributed by atoms with Gasteiger partial charge in [-0.2, -0.15) is 0 Å². The average molecular weight is 342 g/mol. The molecule has 7 heteroatoms. The molecule has 1 fully saturated rings. The molecule has 0 atom stereocenters. The molecule has 1 aromatic rings. The van der Waals surface area contributed by atoms with Crippen molar-refractivity contribution in [1.82, 2.24) is 10.2 Å². The molecule has 2 rings (SSSR count). The third-order valence-corrected chi connectivity index (χ3v) is 4.37. The molecule has 0 aromatic heterocycles. The zero-order valence-electron chi connectivity index (χ0n) is 13.6. The van der Waals surface area contributed by atoms with E-state index < -0.39 is 0 Å². The van der Waals surface area contributed by atoms with Crippen molar-refractivity contribution < 1.29 is 14.3 Å². The Morgan fingerprint density at radius 3 is 2.70 bits per heavy atom. The Bertz CT molecular complexity index is 548. The molecule has 0 aliphatic carbocycles. The number of nitrogens with zero attached hydrogens (tertiary/aromatic N) is 1. The van der Waals surface area contributed by atoms with Gasteiger partial charge in [-0.1, -0.05) is 11.6 Å². The van der Waals surface area contributed by atoms with E-state index in [0.717, 1.165) is 25.9 Å². The van der Waals surface area contributed by atoms with Crippen molar-refractivity contribution in [2.45, 2.75) is 25.8 Å². The Labute approximate surface area is 141 Å². The van der Waals surface area contributed by atoms with Gasteiger partial charge in [-0.25, -0.2) is 0 Å². The topological polar surface area (TPSA) is 76.8 Å². The van der Waals surface area contributed by atoms with E-state index in [-0.39, 0.29) is 18.6 Å². The summed E-state index contributed by atoms with van der Waals surface area (Å²) in [5.74, 6) is 0.848. The van der Waals surface area contributed by atoms with Crippen LogP contribution in [0.5, 0.6) is 11.5 Å². The molecule has 6 nitrogen and oxygen atoms in total. The minimum absolute atomic E-state index is 0.0324. The molecule has 0 saturated carbocycles. The van der Waals surface area contributed by atoms with Crippen LogP contribution >= 0.6 is 11.6 Å². The quantitative estimate of drug-likeness (QED) is 0.773. The highest BCUT2D eigenvalue weighted by Crippen LogP contribution is 2.34. The molecule has 1 heterocycles. The Kier molecular flexibility index (Phi) is 6.36. The summed E-state index contributed by atoms with van der Waals surface area (Å²) in [4.78, 5) is 14.4. The summed E-state index contributed by atoms with van der Waals surface area (Å²) < 4.78 is 10.8. The zero-order chi connectivity index (χ0) is 16.8. The fourth-order valence-corrected chi connectivity index (χ4v) is 2.96. The lowest BCUT2D eigenvalue weighted by atomic mass is 10.0. The first kappa shape index (κ1) is 17.7. The van der Waals surface area contributed by atoms with Crippen LogP contribution in [0.3, 0.4) is 0 Å². The van der Waals surface area contributed by atoms with Gasteiger partial charge in [-0.3, -0.25) is 4.79 Å². The molecule has 1 aliphatic rings. The number of hydrogen-bond acceptors (Lipinski definition) is 5. The summed E-state index contributed by atoms with van der Waals surface area (Å²) in [6, 6.07) is 3.44. The van der Waals surface area contributed by atoms with Gasteiger partial charge < -0.3 is 25.4 Å². The number of carbonyl (C=O) groups is 1. The fraction of sp³-hybridized carbons (Fsp3) is 0.562. The van der Waals surface area contributed by atoms with Gasteiger partial charge in [0.1, 0.15) is 0 Å². The van der Waals surface area contributed by atoms with Crippen molar-refractivity contribution in [3.63, 3.8) is 0 Å². The number of hydrogen-bond donors (Lipinski definition) is 2. The Hall–Kier alpha value is -1.66. The summed E-state index contributed by atoms with van der Waals surface area (Å²) in [6.07, 6.45) is 1.94.